The van der Waals surface area contributed by atoms with Gasteiger partial charge in [-0.05, 0) is 101 Å². The summed E-state index contributed by atoms with van der Waals surface area (Å²) in [4.78, 5) is 2.35. The van der Waals surface area contributed by atoms with Crippen molar-refractivity contribution in [1.82, 2.24) is 0 Å². The van der Waals surface area contributed by atoms with Crippen molar-refractivity contribution in [2.45, 2.75) is 0 Å². The third-order valence-corrected chi connectivity index (χ3v) is 11.2. The zero-order valence-corrected chi connectivity index (χ0v) is 27.6. The summed E-state index contributed by atoms with van der Waals surface area (Å²) in [6.07, 6.45) is 0. The Kier molecular flexibility index (Phi) is 5.83. The molecule has 0 aliphatic heterocycles. The van der Waals surface area contributed by atoms with Gasteiger partial charge >= 0.3 is 0 Å². The molecule has 3 nitrogen and oxygen atoms in total. The minimum Gasteiger partial charge on any atom is -0.456 e. The molecule has 3 heterocycles. The SMILES string of the molecule is c1ccc2c(c1)oc1ccc(N(c3ccc(-c4ccc5cc6c(cc5c4)oc4ccccc46)cc3)c3ccc4c(c3)sc3ccccc34)cc12. The average molecular weight is 658 g/mol. The molecule has 3 aromatic heterocycles. The van der Waals surface area contributed by atoms with Crippen molar-refractivity contribution in [1.29, 1.82) is 0 Å². The number of benzene rings is 8. The molecule has 0 spiro atoms. The number of furan rings is 2. The molecule has 0 saturated heterocycles. The van der Waals surface area contributed by atoms with E-state index in [0.717, 1.165) is 71.9 Å². The molecule has 8 aromatic carbocycles. The van der Waals surface area contributed by atoms with Gasteiger partial charge in [0, 0.05) is 58.8 Å². The number of hydrogen-bond donors (Lipinski definition) is 0. The second kappa shape index (κ2) is 10.6. The number of hydrogen-bond acceptors (Lipinski definition) is 4. The smallest absolute Gasteiger partial charge is 0.136 e. The second-order valence-corrected chi connectivity index (χ2v) is 14.0. The molecule has 4 heteroatoms. The standard InChI is InChI=1S/C46H27NO2S/c1-5-11-42-35(7-1)39-24-30-14-13-29(23-31(30)25-44(39)49-42)28-15-17-32(18-16-28)47(33-20-22-43-40(26-33)36-8-2-4-10-41(36)48-43)34-19-21-38-37-9-3-6-12-45(37)50-46(38)27-34/h1-27H. The third kappa shape index (κ3) is 4.22. The Balaban J connectivity index is 1.04. The summed E-state index contributed by atoms with van der Waals surface area (Å²) < 4.78 is 15.0. The molecule has 0 unspecified atom stereocenters. The highest BCUT2D eigenvalue weighted by Crippen LogP contribution is 2.43. The van der Waals surface area contributed by atoms with Crippen LogP contribution in [0.4, 0.5) is 17.1 Å². The molecule has 0 saturated carbocycles. The van der Waals surface area contributed by atoms with Gasteiger partial charge in [-0.2, -0.15) is 0 Å². The number of fused-ring (bicyclic) bond motifs is 10. The minimum absolute atomic E-state index is 0.890. The lowest BCUT2D eigenvalue weighted by molar-refractivity contribution is 0.668. The molecule has 234 valence electrons. The Morgan fingerprint density at radius 3 is 1.76 bits per heavy atom. The first-order chi connectivity index (χ1) is 24.7. The summed E-state index contributed by atoms with van der Waals surface area (Å²) in [6.45, 7) is 0. The number of thiophene rings is 1. The van der Waals surface area contributed by atoms with Crippen molar-refractivity contribution >= 4 is 103 Å². The number of para-hydroxylation sites is 2. The van der Waals surface area contributed by atoms with Crippen LogP contribution in [0.3, 0.4) is 0 Å². The zero-order valence-electron chi connectivity index (χ0n) is 26.8. The number of anilines is 3. The van der Waals surface area contributed by atoms with Crippen LogP contribution in [-0.4, -0.2) is 0 Å². The number of rotatable bonds is 4. The van der Waals surface area contributed by atoms with Crippen LogP contribution in [0.2, 0.25) is 0 Å². The first-order valence-corrected chi connectivity index (χ1v) is 17.6. The quantitative estimate of drug-likeness (QED) is 0.189. The van der Waals surface area contributed by atoms with Gasteiger partial charge in [0.25, 0.3) is 0 Å². The van der Waals surface area contributed by atoms with Crippen LogP contribution in [0.15, 0.2) is 173 Å². The van der Waals surface area contributed by atoms with E-state index in [2.05, 4.69) is 144 Å². The highest BCUT2D eigenvalue weighted by atomic mass is 32.1. The number of nitrogens with zero attached hydrogens (tertiary/aromatic N) is 1. The first-order valence-electron chi connectivity index (χ1n) is 16.8. The fourth-order valence-electron chi connectivity index (χ4n) is 7.60. The van der Waals surface area contributed by atoms with E-state index in [0.29, 0.717) is 0 Å². The van der Waals surface area contributed by atoms with Crippen LogP contribution in [0.1, 0.15) is 0 Å². The van der Waals surface area contributed by atoms with Crippen LogP contribution in [0, 0.1) is 0 Å². The molecule has 50 heavy (non-hydrogen) atoms. The van der Waals surface area contributed by atoms with Crippen LogP contribution < -0.4 is 4.90 Å². The van der Waals surface area contributed by atoms with Crippen molar-refractivity contribution in [3.05, 3.63) is 164 Å². The van der Waals surface area contributed by atoms with E-state index in [1.54, 1.807) is 0 Å². The van der Waals surface area contributed by atoms with E-state index in [-0.39, 0.29) is 0 Å². The van der Waals surface area contributed by atoms with Gasteiger partial charge in [-0.3, -0.25) is 0 Å². The zero-order chi connectivity index (χ0) is 32.8. The van der Waals surface area contributed by atoms with Gasteiger partial charge in [-0.15, -0.1) is 11.3 Å². The Hall–Kier alpha value is -6.36. The lowest BCUT2D eigenvalue weighted by Crippen LogP contribution is -2.09. The highest BCUT2D eigenvalue weighted by Gasteiger charge is 2.17. The Morgan fingerprint density at radius 2 is 0.940 bits per heavy atom. The maximum atomic E-state index is 6.21. The van der Waals surface area contributed by atoms with Crippen molar-refractivity contribution < 1.29 is 8.83 Å². The molecule has 0 radical (unpaired) electrons. The molecule has 11 aromatic rings. The molecular weight excluding hydrogens is 631 g/mol. The van der Waals surface area contributed by atoms with E-state index in [1.807, 2.05) is 35.6 Å². The van der Waals surface area contributed by atoms with Gasteiger partial charge in [0.2, 0.25) is 0 Å². The largest absolute Gasteiger partial charge is 0.456 e. The molecule has 11 rings (SSSR count). The minimum atomic E-state index is 0.890. The predicted molar refractivity (Wildman–Crippen MR) is 212 cm³/mol. The van der Waals surface area contributed by atoms with E-state index >= 15 is 0 Å². The topological polar surface area (TPSA) is 29.5 Å². The molecular formula is C46H27NO2S. The van der Waals surface area contributed by atoms with Crippen LogP contribution in [0.5, 0.6) is 0 Å². The molecule has 0 aliphatic carbocycles. The van der Waals surface area contributed by atoms with Gasteiger partial charge in [-0.25, -0.2) is 0 Å². The summed E-state index contributed by atoms with van der Waals surface area (Å²) in [5.41, 5.74) is 9.25. The van der Waals surface area contributed by atoms with Crippen LogP contribution in [-0.2, 0) is 0 Å². The molecule has 0 aliphatic rings. The first kappa shape index (κ1) is 27.6. The third-order valence-electron chi connectivity index (χ3n) is 10.0. The Bertz CT molecular complexity index is 3110. The predicted octanol–water partition coefficient (Wildman–Crippen LogP) is 14.1. The lowest BCUT2D eigenvalue weighted by Gasteiger charge is -2.26. The Morgan fingerprint density at radius 1 is 0.340 bits per heavy atom. The van der Waals surface area contributed by atoms with Gasteiger partial charge < -0.3 is 13.7 Å². The highest BCUT2D eigenvalue weighted by molar-refractivity contribution is 7.25. The fourth-order valence-corrected chi connectivity index (χ4v) is 8.74. The van der Waals surface area contributed by atoms with Crippen LogP contribution in [0.25, 0.3) is 85.9 Å². The van der Waals surface area contributed by atoms with E-state index in [1.165, 1.54) is 31.1 Å². The van der Waals surface area contributed by atoms with Gasteiger partial charge in [-0.1, -0.05) is 84.9 Å². The summed E-state index contributed by atoms with van der Waals surface area (Å²) >= 11 is 1.84. The van der Waals surface area contributed by atoms with Crippen molar-refractivity contribution in [3.63, 3.8) is 0 Å². The van der Waals surface area contributed by atoms with Crippen molar-refractivity contribution in [3.8, 4) is 11.1 Å². The van der Waals surface area contributed by atoms with Gasteiger partial charge in [0.05, 0.1) is 0 Å². The van der Waals surface area contributed by atoms with E-state index in [9.17, 15) is 0 Å². The van der Waals surface area contributed by atoms with Gasteiger partial charge in [0.1, 0.15) is 22.3 Å². The molecule has 0 N–H and O–H groups in total. The van der Waals surface area contributed by atoms with E-state index < -0.39 is 0 Å². The maximum Gasteiger partial charge on any atom is 0.136 e. The molecule has 0 bridgehead atoms. The average Bonchev–Trinajstić information content (AvgIpc) is 3.84. The Labute approximate surface area is 290 Å². The molecule has 0 amide bonds. The lowest BCUT2D eigenvalue weighted by atomic mass is 9.99. The molecule has 0 atom stereocenters. The summed E-state index contributed by atoms with van der Waals surface area (Å²) in [5, 5.41) is 9.50. The summed E-state index contributed by atoms with van der Waals surface area (Å²) in [6, 6.07) is 58.6. The summed E-state index contributed by atoms with van der Waals surface area (Å²) in [7, 11) is 0. The fraction of sp³-hybridized carbons (Fsp3) is 0. The summed E-state index contributed by atoms with van der Waals surface area (Å²) in [5.74, 6) is 0. The van der Waals surface area contributed by atoms with E-state index in [4.69, 9.17) is 8.83 Å². The van der Waals surface area contributed by atoms with Crippen LogP contribution >= 0.6 is 11.3 Å². The van der Waals surface area contributed by atoms with Gasteiger partial charge in [0.15, 0.2) is 0 Å². The molecule has 0 fully saturated rings. The monoisotopic (exact) mass is 657 g/mol. The van der Waals surface area contributed by atoms with Crippen molar-refractivity contribution in [2.75, 3.05) is 4.90 Å². The second-order valence-electron chi connectivity index (χ2n) is 12.9. The normalized spacial score (nSPS) is 12.0. The maximum absolute atomic E-state index is 6.21. The van der Waals surface area contributed by atoms with Crippen molar-refractivity contribution in [2.24, 2.45) is 0 Å².